The number of aryl methyl sites for hydroxylation is 1. The summed E-state index contributed by atoms with van der Waals surface area (Å²) < 4.78 is 28.7. The van der Waals surface area contributed by atoms with Crippen LogP contribution in [0.15, 0.2) is 41.8 Å². The third-order valence-corrected chi connectivity index (χ3v) is 4.00. The lowest BCUT2D eigenvalue weighted by Gasteiger charge is -2.22. The lowest BCUT2D eigenvalue weighted by molar-refractivity contribution is 0.00724. The highest BCUT2D eigenvalue weighted by Crippen LogP contribution is 2.18. The van der Waals surface area contributed by atoms with Crippen molar-refractivity contribution < 1.29 is 17.7 Å². The van der Waals surface area contributed by atoms with Crippen LogP contribution < -0.4 is 0 Å². The summed E-state index contributed by atoms with van der Waals surface area (Å²) >= 11 is 0. The molecule has 0 heterocycles. The molecule has 4 nitrogen and oxygen atoms in total. The van der Waals surface area contributed by atoms with Gasteiger partial charge in [-0.2, -0.15) is 8.42 Å². The summed E-state index contributed by atoms with van der Waals surface area (Å²) in [4.78, 5) is 0.0950. The van der Waals surface area contributed by atoms with E-state index in [9.17, 15) is 13.5 Å². The Morgan fingerprint density at radius 1 is 1.37 bits per heavy atom. The molecule has 0 aliphatic heterocycles. The summed E-state index contributed by atoms with van der Waals surface area (Å²) in [6, 6.07) is 6.38. The molecule has 0 aliphatic carbocycles. The largest absolute Gasteiger partial charge is 0.388 e. The maximum absolute atomic E-state index is 11.9. The zero-order valence-corrected chi connectivity index (χ0v) is 12.1. The van der Waals surface area contributed by atoms with Crippen molar-refractivity contribution >= 4 is 10.1 Å². The number of aliphatic hydroxyl groups is 1. The molecular formula is C14H20O4S. The Morgan fingerprint density at radius 3 is 2.47 bits per heavy atom. The van der Waals surface area contributed by atoms with Crippen molar-refractivity contribution in [3.05, 3.63) is 42.5 Å². The number of allylic oxidation sites excluding steroid dienone is 1. The minimum Gasteiger partial charge on any atom is -0.388 e. The molecule has 19 heavy (non-hydrogen) atoms. The fourth-order valence-corrected chi connectivity index (χ4v) is 2.48. The van der Waals surface area contributed by atoms with E-state index in [1.165, 1.54) is 12.1 Å². The number of rotatable bonds is 7. The quantitative estimate of drug-likeness (QED) is 0.617. The van der Waals surface area contributed by atoms with Crippen molar-refractivity contribution in [2.45, 2.75) is 37.2 Å². The van der Waals surface area contributed by atoms with E-state index in [0.717, 1.165) is 5.56 Å². The van der Waals surface area contributed by atoms with Gasteiger partial charge < -0.3 is 5.11 Å². The highest BCUT2D eigenvalue weighted by molar-refractivity contribution is 7.86. The lowest BCUT2D eigenvalue weighted by atomic mass is 10.0. The second-order valence-electron chi connectivity index (χ2n) is 4.85. The predicted octanol–water partition coefficient (Wildman–Crippen LogP) is 2.42. The molecule has 1 atom stereocenters. The third-order valence-electron chi connectivity index (χ3n) is 2.72. The van der Waals surface area contributed by atoms with Crippen LogP contribution >= 0.6 is 0 Å². The molecule has 1 aromatic rings. The number of hydrogen-bond acceptors (Lipinski definition) is 4. The second-order valence-corrected chi connectivity index (χ2v) is 6.47. The van der Waals surface area contributed by atoms with Crippen molar-refractivity contribution in [2.75, 3.05) is 6.61 Å². The maximum atomic E-state index is 11.9. The summed E-state index contributed by atoms with van der Waals surface area (Å²) in [5.41, 5.74) is -0.219. The minimum absolute atomic E-state index is 0.0950. The van der Waals surface area contributed by atoms with Crippen LogP contribution in [0.1, 0.15) is 25.3 Å². The normalized spacial score (nSPS) is 14.9. The van der Waals surface area contributed by atoms with E-state index in [2.05, 4.69) is 6.58 Å². The van der Waals surface area contributed by atoms with Gasteiger partial charge in [0.25, 0.3) is 10.1 Å². The zero-order chi connectivity index (χ0) is 14.5. The van der Waals surface area contributed by atoms with Gasteiger partial charge in [-0.3, -0.25) is 4.18 Å². The van der Waals surface area contributed by atoms with Gasteiger partial charge in [0, 0.05) is 0 Å². The van der Waals surface area contributed by atoms with Crippen LogP contribution in [0.25, 0.3) is 0 Å². The summed E-state index contributed by atoms with van der Waals surface area (Å²) in [6.07, 6.45) is 2.67. The van der Waals surface area contributed by atoms with Crippen LogP contribution in [0.3, 0.4) is 0 Å². The highest BCUT2D eigenvalue weighted by Gasteiger charge is 2.24. The number of benzene rings is 1. The van der Waals surface area contributed by atoms with Gasteiger partial charge in [0.1, 0.15) is 0 Å². The third kappa shape index (κ3) is 5.14. The molecule has 0 radical (unpaired) electrons. The fourth-order valence-electron chi connectivity index (χ4n) is 1.46. The second kappa shape index (κ2) is 6.32. The summed E-state index contributed by atoms with van der Waals surface area (Å²) in [6.45, 7) is 6.71. The average Bonchev–Trinajstić information content (AvgIpc) is 2.35. The predicted molar refractivity (Wildman–Crippen MR) is 74.4 cm³/mol. The maximum Gasteiger partial charge on any atom is 0.297 e. The number of hydrogen-bond donors (Lipinski definition) is 1. The molecule has 0 amide bonds. The molecule has 0 fully saturated rings. The monoisotopic (exact) mass is 284 g/mol. The Morgan fingerprint density at radius 2 is 1.95 bits per heavy atom. The van der Waals surface area contributed by atoms with Crippen molar-refractivity contribution in [3.8, 4) is 0 Å². The highest BCUT2D eigenvalue weighted by atomic mass is 32.2. The average molecular weight is 284 g/mol. The van der Waals surface area contributed by atoms with E-state index in [0.29, 0.717) is 12.8 Å². The van der Waals surface area contributed by atoms with Crippen LogP contribution in [0, 0.1) is 6.92 Å². The van der Waals surface area contributed by atoms with Gasteiger partial charge in [0.05, 0.1) is 17.1 Å². The molecule has 1 N–H and O–H groups in total. The van der Waals surface area contributed by atoms with E-state index in [1.807, 2.05) is 6.92 Å². The Labute approximate surface area is 114 Å². The molecule has 1 aromatic carbocycles. The summed E-state index contributed by atoms with van der Waals surface area (Å²) in [7, 11) is -3.82. The van der Waals surface area contributed by atoms with E-state index >= 15 is 0 Å². The van der Waals surface area contributed by atoms with E-state index in [1.54, 1.807) is 25.1 Å². The molecule has 5 heteroatoms. The zero-order valence-electron chi connectivity index (χ0n) is 11.3. The van der Waals surface area contributed by atoms with Gasteiger partial charge in [0.15, 0.2) is 0 Å². The fraction of sp³-hybridized carbons (Fsp3) is 0.429. The van der Waals surface area contributed by atoms with Gasteiger partial charge in [-0.1, -0.05) is 23.8 Å². The molecule has 0 aromatic heterocycles. The molecule has 0 unspecified atom stereocenters. The molecule has 0 aliphatic rings. The Kier molecular flexibility index (Phi) is 5.29. The van der Waals surface area contributed by atoms with Gasteiger partial charge >= 0.3 is 0 Å². The minimum atomic E-state index is -3.82. The lowest BCUT2D eigenvalue weighted by Crippen LogP contribution is -2.31. The first-order valence-electron chi connectivity index (χ1n) is 6.06. The van der Waals surface area contributed by atoms with E-state index < -0.39 is 15.7 Å². The molecule has 106 valence electrons. The van der Waals surface area contributed by atoms with Crippen LogP contribution in [0.4, 0.5) is 0 Å². The van der Waals surface area contributed by atoms with Crippen LogP contribution in [0.2, 0.25) is 0 Å². The smallest absolute Gasteiger partial charge is 0.297 e. The van der Waals surface area contributed by atoms with E-state index in [-0.39, 0.29) is 11.5 Å². The van der Waals surface area contributed by atoms with Crippen LogP contribution in [-0.4, -0.2) is 25.7 Å². The van der Waals surface area contributed by atoms with E-state index in [4.69, 9.17) is 4.18 Å². The van der Waals surface area contributed by atoms with Crippen molar-refractivity contribution in [1.29, 1.82) is 0 Å². The molecule has 0 spiro atoms. The Balaban J connectivity index is 2.70. The molecule has 0 saturated heterocycles. The Hall–Kier alpha value is -1.17. The topological polar surface area (TPSA) is 63.6 Å². The van der Waals surface area contributed by atoms with Gasteiger partial charge in [-0.15, -0.1) is 6.58 Å². The standard InChI is InChI=1S/C14H20O4S/c1-4-5-10-14(3,15)11-18-19(16,17)13-8-6-12(2)7-9-13/h4,6-9,15H,1,5,10-11H2,2-3H3/t14-/m0/s1. The summed E-state index contributed by atoms with van der Waals surface area (Å²) in [5.74, 6) is 0. The van der Waals surface area contributed by atoms with Gasteiger partial charge in [-0.05, 0) is 38.8 Å². The molecule has 0 saturated carbocycles. The van der Waals surface area contributed by atoms with Crippen molar-refractivity contribution in [3.63, 3.8) is 0 Å². The summed E-state index contributed by atoms with van der Waals surface area (Å²) in [5, 5.41) is 9.96. The van der Waals surface area contributed by atoms with Crippen LogP contribution in [-0.2, 0) is 14.3 Å². The molecular weight excluding hydrogens is 264 g/mol. The van der Waals surface area contributed by atoms with Crippen molar-refractivity contribution in [2.24, 2.45) is 0 Å². The molecule has 1 rings (SSSR count). The SMILES string of the molecule is C=CCC[C@](C)(O)COS(=O)(=O)c1ccc(C)cc1. The van der Waals surface area contributed by atoms with Gasteiger partial charge in [-0.25, -0.2) is 0 Å². The van der Waals surface area contributed by atoms with Crippen LogP contribution in [0.5, 0.6) is 0 Å². The van der Waals surface area contributed by atoms with Crippen molar-refractivity contribution in [1.82, 2.24) is 0 Å². The first-order valence-corrected chi connectivity index (χ1v) is 7.47. The molecule has 0 bridgehead atoms. The van der Waals surface area contributed by atoms with Gasteiger partial charge in [0.2, 0.25) is 0 Å². The first kappa shape index (κ1) is 15.9. The first-order chi connectivity index (χ1) is 8.77. The Bertz CT molecular complexity index is 515.